The zero-order chi connectivity index (χ0) is 18.3. The number of carboxylic acids is 2. The van der Waals surface area contributed by atoms with Crippen LogP contribution in [0.4, 0.5) is 17.6 Å². The molecular formula is C12H12F4N4O4. The summed E-state index contributed by atoms with van der Waals surface area (Å²) < 4.78 is 48.7. The van der Waals surface area contributed by atoms with E-state index in [1.807, 2.05) is 0 Å². The molecule has 0 spiro atoms. The van der Waals surface area contributed by atoms with Crippen molar-refractivity contribution in [2.24, 2.45) is 0 Å². The van der Waals surface area contributed by atoms with Crippen molar-refractivity contribution in [3.8, 4) is 0 Å². The van der Waals surface area contributed by atoms with Gasteiger partial charge in [0.25, 0.3) is 12.9 Å². The maximum atomic E-state index is 11.8. The molecule has 0 radical (unpaired) electrons. The first-order chi connectivity index (χ1) is 11.2. The average molecular weight is 352 g/mol. The molecule has 0 amide bonds. The second-order valence-corrected chi connectivity index (χ2v) is 4.21. The Balaban J connectivity index is 0.000000240. The molecule has 0 aliphatic carbocycles. The van der Waals surface area contributed by atoms with Crippen LogP contribution in [0.3, 0.4) is 0 Å². The van der Waals surface area contributed by atoms with E-state index < -0.39 is 37.9 Å². The summed E-state index contributed by atoms with van der Waals surface area (Å²) in [5.74, 6) is -2.48. The van der Waals surface area contributed by atoms with Crippen LogP contribution in [-0.2, 0) is 13.1 Å². The highest BCUT2D eigenvalue weighted by atomic mass is 19.3. The van der Waals surface area contributed by atoms with Gasteiger partial charge in [0.1, 0.15) is 18.8 Å². The van der Waals surface area contributed by atoms with Gasteiger partial charge < -0.3 is 10.2 Å². The minimum Gasteiger partial charge on any atom is -0.477 e. The van der Waals surface area contributed by atoms with Gasteiger partial charge >= 0.3 is 11.9 Å². The Kier molecular flexibility index (Phi) is 6.89. The zero-order valence-electron chi connectivity index (χ0n) is 11.9. The SMILES string of the molecule is O=C(O)c1ccn(CC(F)F)n1.O=C(O)c1ccnn1CC(F)F. The number of aromatic carboxylic acids is 2. The van der Waals surface area contributed by atoms with Crippen LogP contribution in [-0.4, -0.2) is 54.6 Å². The minimum absolute atomic E-state index is 0.226. The van der Waals surface area contributed by atoms with Gasteiger partial charge in [0.05, 0.1) is 0 Å². The third-order valence-electron chi connectivity index (χ3n) is 2.43. The van der Waals surface area contributed by atoms with E-state index in [-0.39, 0.29) is 11.4 Å². The van der Waals surface area contributed by atoms with Crippen LogP contribution in [0.5, 0.6) is 0 Å². The van der Waals surface area contributed by atoms with E-state index in [1.165, 1.54) is 24.5 Å². The molecular weight excluding hydrogens is 340 g/mol. The van der Waals surface area contributed by atoms with Crippen molar-refractivity contribution in [3.05, 3.63) is 35.9 Å². The second-order valence-electron chi connectivity index (χ2n) is 4.21. The quantitative estimate of drug-likeness (QED) is 0.766. The summed E-state index contributed by atoms with van der Waals surface area (Å²) in [7, 11) is 0. The Morgan fingerprint density at radius 1 is 1.04 bits per heavy atom. The van der Waals surface area contributed by atoms with Gasteiger partial charge in [-0.3, -0.25) is 9.36 Å². The molecule has 0 saturated carbocycles. The maximum absolute atomic E-state index is 11.8. The molecule has 132 valence electrons. The van der Waals surface area contributed by atoms with E-state index in [0.29, 0.717) is 0 Å². The molecule has 0 fully saturated rings. The number of hydrogen-bond donors (Lipinski definition) is 2. The lowest BCUT2D eigenvalue weighted by atomic mass is 10.4. The van der Waals surface area contributed by atoms with E-state index in [4.69, 9.17) is 10.2 Å². The molecule has 24 heavy (non-hydrogen) atoms. The molecule has 2 aromatic rings. The van der Waals surface area contributed by atoms with E-state index in [2.05, 4.69) is 10.2 Å². The van der Waals surface area contributed by atoms with Gasteiger partial charge in [0, 0.05) is 12.4 Å². The first kappa shape index (κ1) is 19.1. The van der Waals surface area contributed by atoms with Crippen LogP contribution in [0, 0.1) is 0 Å². The molecule has 2 aromatic heterocycles. The lowest BCUT2D eigenvalue weighted by Crippen LogP contribution is -2.14. The first-order valence-electron chi connectivity index (χ1n) is 6.28. The molecule has 8 nitrogen and oxygen atoms in total. The van der Waals surface area contributed by atoms with Crippen LogP contribution < -0.4 is 0 Å². The van der Waals surface area contributed by atoms with Gasteiger partial charge in [-0.25, -0.2) is 27.2 Å². The lowest BCUT2D eigenvalue weighted by molar-refractivity contribution is 0.0665. The largest absolute Gasteiger partial charge is 0.477 e. The Hall–Kier alpha value is -2.92. The van der Waals surface area contributed by atoms with Crippen molar-refractivity contribution in [3.63, 3.8) is 0 Å². The van der Waals surface area contributed by atoms with Crippen molar-refractivity contribution >= 4 is 11.9 Å². The van der Waals surface area contributed by atoms with Crippen LogP contribution in [0.2, 0.25) is 0 Å². The Bertz CT molecular complexity index is 686. The van der Waals surface area contributed by atoms with Crippen molar-refractivity contribution in [2.45, 2.75) is 25.9 Å². The predicted molar refractivity (Wildman–Crippen MR) is 70.4 cm³/mol. The Morgan fingerprint density at radius 3 is 2.12 bits per heavy atom. The van der Waals surface area contributed by atoms with Gasteiger partial charge in [-0.1, -0.05) is 0 Å². The lowest BCUT2D eigenvalue weighted by Gasteiger charge is -2.01. The summed E-state index contributed by atoms with van der Waals surface area (Å²) in [5, 5.41) is 23.7. The molecule has 0 atom stereocenters. The number of alkyl halides is 4. The number of halogens is 4. The van der Waals surface area contributed by atoms with E-state index in [1.54, 1.807) is 0 Å². The number of aromatic nitrogens is 4. The van der Waals surface area contributed by atoms with Crippen LogP contribution in [0.1, 0.15) is 21.0 Å². The second kappa shape index (κ2) is 8.64. The fourth-order valence-corrected chi connectivity index (χ4v) is 1.51. The average Bonchev–Trinajstić information content (AvgIpc) is 3.07. The molecule has 0 saturated heterocycles. The van der Waals surface area contributed by atoms with Gasteiger partial charge in [0.2, 0.25) is 0 Å². The molecule has 2 N–H and O–H groups in total. The van der Waals surface area contributed by atoms with Gasteiger partial charge in [-0.2, -0.15) is 10.2 Å². The predicted octanol–water partition coefficient (Wildman–Crippen LogP) is 1.69. The topological polar surface area (TPSA) is 110 Å². The summed E-state index contributed by atoms with van der Waals surface area (Å²) >= 11 is 0. The molecule has 0 bridgehead atoms. The highest BCUT2D eigenvalue weighted by molar-refractivity contribution is 5.85. The van der Waals surface area contributed by atoms with Crippen LogP contribution in [0.25, 0.3) is 0 Å². The molecule has 0 unspecified atom stereocenters. The number of hydrogen-bond acceptors (Lipinski definition) is 4. The van der Waals surface area contributed by atoms with E-state index in [0.717, 1.165) is 9.36 Å². The minimum atomic E-state index is -2.59. The molecule has 2 heterocycles. The summed E-state index contributed by atoms with van der Waals surface area (Å²) in [6.07, 6.45) is -2.74. The first-order valence-corrected chi connectivity index (χ1v) is 6.28. The number of nitrogens with zero attached hydrogens (tertiary/aromatic N) is 4. The highest BCUT2D eigenvalue weighted by Crippen LogP contribution is 2.03. The zero-order valence-corrected chi connectivity index (χ0v) is 11.9. The number of rotatable bonds is 6. The standard InChI is InChI=1S/2C6H6F2N2O2/c7-5(8)3-10-2-1-4(9-10)6(11)12;7-5(8)3-10-4(6(11)12)1-2-9-10/h2*1-2,5H,3H2,(H,11,12). The molecule has 2 rings (SSSR count). The van der Waals surface area contributed by atoms with Crippen molar-refractivity contribution in [2.75, 3.05) is 0 Å². The van der Waals surface area contributed by atoms with Crippen LogP contribution >= 0.6 is 0 Å². The Labute approximate surface area is 131 Å². The maximum Gasteiger partial charge on any atom is 0.356 e. The summed E-state index contributed by atoms with van der Waals surface area (Å²) in [5.41, 5.74) is -0.453. The monoisotopic (exact) mass is 352 g/mol. The third-order valence-corrected chi connectivity index (χ3v) is 2.43. The molecule has 0 aliphatic heterocycles. The number of carboxylic acid groups (broad SMARTS) is 2. The summed E-state index contributed by atoms with van der Waals surface area (Å²) in [6.45, 7) is -1.26. The van der Waals surface area contributed by atoms with Crippen molar-refractivity contribution in [1.29, 1.82) is 0 Å². The third kappa shape index (κ3) is 6.06. The van der Waals surface area contributed by atoms with E-state index in [9.17, 15) is 27.2 Å². The van der Waals surface area contributed by atoms with Crippen molar-refractivity contribution < 1.29 is 37.4 Å². The normalized spacial score (nSPS) is 10.6. The summed E-state index contributed by atoms with van der Waals surface area (Å²) in [6, 6.07) is 2.34. The van der Waals surface area contributed by atoms with E-state index >= 15 is 0 Å². The smallest absolute Gasteiger partial charge is 0.356 e. The number of carbonyl (C=O) groups is 2. The molecule has 12 heteroatoms. The van der Waals surface area contributed by atoms with Gasteiger partial charge in [-0.15, -0.1) is 0 Å². The fourth-order valence-electron chi connectivity index (χ4n) is 1.51. The molecule has 0 aromatic carbocycles. The Morgan fingerprint density at radius 2 is 1.67 bits per heavy atom. The highest BCUT2D eigenvalue weighted by Gasteiger charge is 2.13. The van der Waals surface area contributed by atoms with Crippen molar-refractivity contribution in [1.82, 2.24) is 19.6 Å². The van der Waals surface area contributed by atoms with Gasteiger partial charge in [-0.05, 0) is 12.1 Å². The summed E-state index contributed by atoms with van der Waals surface area (Å²) in [4.78, 5) is 20.6. The van der Waals surface area contributed by atoms with Gasteiger partial charge in [0.15, 0.2) is 5.69 Å². The molecule has 0 aliphatic rings. The van der Waals surface area contributed by atoms with Crippen LogP contribution in [0.15, 0.2) is 24.5 Å². The fraction of sp³-hybridized carbons (Fsp3) is 0.333.